The maximum Gasteiger partial charge on any atom is 0.114 e. The smallest absolute Gasteiger partial charge is 0.114 e. The predicted molar refractivity (Wildman–Crippen MR) is 40.9 cm³/mol. The van der Waals surface area contributed by atoms with E-state index in [1.54, 1.807) is 12.4 Å². The van der Waals surface area contributed by atoms with Gasteiger partial charge in [-0.15, -0.1) is 0 Å². The summed E-state index contributed by atoms with van der Waals surface area (Å²) in [7, 11) is 0. The lowest BCUT2D eigenvalue weighted by Gasteiger charge is -2.09. The molecular formula is C7H7N3. The highest BCUT2D eigenvalue weighted by atomic mass is 15.2. The average molecular weight is 133 g/mol. The molecule has 0 aromatic heterocycles. The van der Waals surface area contributed by atoms with Crippen molar-refractivity contribution < 1.29 is 0 Å². The number of hydrogen-bond donors (Lipinski definition) is 0. The molecule has 0 unspecified atom stereocenters. The van der Waals surface area contributed by atoms with Gasteiger partial charge in [0.2, 0.25) is 0 Å². The van der Waals surface area contributed by atoms with Crippen molar-refractivity contribution in [1.82, 2.24) is 4.90 Å². The Bertz CT molecular complexity index is 248. The van der Waals surface area contributed by atoms with Crippen LogP contribution in [0.2, 0.25) is 0 Å². The highest BCUT2D eigenvalue weighted by molar-refractivity contribution is 5.88. The van der Waals surface area contributed by atoms with E-state index in [-0.39, 0.29) is 0 Å². The predicted octanol–water partition coefficient (Wildman–Crippen LogP) is 0.770. The van der Waals surface area contributed by atoms with Crippen molar-refractivity contribution in [1.29, 1.82) is 0 Å². The van der Waals surface area contributed by atoms with Crippen molar-refractivity contribution in [3.05, 3.63) is 24.2 Å². The van der Waals surface area contributed by atoms with Crippen LogP contribution in [-0.4, -0.2) is 24.0 Å². The third-order valence-electron chi connectivity index (χ3n) is 1.45. The highest BCUT2D eigenvalue weighted by Crippen LogP contribution is 2.09. The van der Waals surface area contributed by atoms with E-state index in [2.05, 4.69) is 9.98 Å². The van der Waals surface area contributed by atoms with E-state index >= 15 is 0 Å². The Hall–Kier alpha value is -1.38. The molecule has 2 aliphatic rings. The standard InChI is InChI=1S/C7H7N3/c1-2-8-3-4-10-6-9-5-7(1)10/h1-5H,6H2. The lowest BCUT2D eigenvalue weighted by Crippen LogP contribution is -2.10. The van der Waals surface area contributed by atoms with Crippen LogP contribution in [0.25, 0.3) is 0 Å². The summed E-state index contributed by atoms with van der Waals surface area (Å²) >= 11 is 0. The Morgan fingerprint density at radius 3 is 3.50 bits per heavy atom. The molecular weight excluding hydrogens is 126 g/mol. The molecule has 3 heteroatoms. The molecule has 0 aliphatic carbocycles. The molecule has 0 aromatic carbocycles. The van der Waals surface area contributed by atoms with Crippen molar-refractivity contribution in [3.63, 3.8) is 0 Å². The fraction of sp³-hybridized carbons (Fsp3) is 0.143. The van der Waals surface area contributed by atoms with Gasteiger partial charge in [0, 0.05) is 24.8 Å². The second-order valence-electron chi connectivity index (χ2n) is 2.11. The van der Waals surface area contributed by atoms with Gasteiger partial charge in [0.25, 0.3) is 0 Å². The third kappa shape index (κ3) is 0.757. The largest absolute Gasteiger partial charge is 0.325 e. The number of aliphatic imine (C=N–C) groups is 2. The number of hydrogen-bond acceptors (Lipinski definition) is 3. The van der Waals surface area contributed by atoms with Crippen LogP contribution in [0, 0.1) is 0 Å². The summed E-state index contributed by atoms with van der Waals surface area (Å²) < 4.78 is 0. The van der Waals surface area contributed by atoms with Crippen LogP contribution in [0.15, 0.2) is 34.2 Å². The average Bonchev–Trinajstić information content (AvgIpc) is 2.28. The van der Waals surface area contributed by atoms with E-state index in [1.165, 1.54) is 0 Å². The van der Waals surface area contributed by atoms with Crippen LogP contribution in [0.3, 0.4) is 0 Å². The Labute approximate surface area is 59.1 Å². The second-order valence-corrected chi connectivity index (χ2v) is 2.11. The first-order chi connectivity index (χ1) is 4.97. The van der Waals surface area contributed by atoms with Gasteiger partial charge in [-0.3, -0.25) is 9.98 Å². The van der Waals surface area contributed by atoms with Gasteiger partial charge < -0.3 is 4.90 Å². The minimum atomic E-state index is 0.728. The summed E-state index contributed by atoms with van der Waals surface area (Å²) in [5, 5.41) is 0. The number of nitrogens with zero attached hydrogens (tertiary/aromatic N) is 3. The summed E-state index contributed by atoms with van der Waals surface area (Å²) in [6.07, 6.45) is 9.24. The third-order valence-corrected chi connectivity index (χ3v) is 1.45. The Balaban J connectivity index is 2.36. The van der Waals surface area contributed by atoms with Gasteiger partial charge in [0.15, 0.2) is 0 Å². The zero-order chi connectivity index (χ0) is 6.81. The van der Waals surface area contributed by atoms with Crippen molar-refractivity contribution in [2.24, 2.45) is 9.98 Å². The van der Waals surface area contributed by atoms with E-state index in [0.29, 0.717) is 0 Å². The van der Waals surface area contributed by atoms with Crippen LogP contribution in [0.5, 0.6) is 0 Å². The van der Waals surface area contributed by atoms with E-state index < -0.39 is 0 Å². The Morgan fingerprint density at radius 2 is 2.50 bits per heavy atom. The lowest BCUT2D eigenvalue weighted by atomic mass is 10.4. The maximum absolute atomic E-state index is 4.09. The van der Waals surface area contributed by atoms with Gasteiger partial charge in [-0.05, 0) is 6.08 Å². The number of rotatable bonds is 0. The molecule has 2 rings (SSSR count). The molecule has 2 aliphatic heterocycles. The summed E-state index contributed by atoms with van der Waals surface area (Å²) in [5.74, 6) is 0. The van der Waals surface area contributed by atoms with E-state index in [9.17, 15) is 0 Å². The van der Waals surface area contributed by atoms with Crippen molar-refractivity contribution in [2.75, 3.05) is 6.67 Å². The molecule has 2 heterocycles. The molecule has 0 fully saturated rings. The van der Waals surface area contributed by atoms with Gasteiger partial charge in [-0.1, -0.05) is 0 Å². The number of fused-ring (bicyclic) bond motifs is 1. The van der Waals surface area contributed by atoms with Gasteiger partial charge in [0.05, 0.1) is 5.70 Å². The van der Waals surface area contributed by atoms with Gasteiger partial charge in [0.1, 0.15) is 6.67 Å². The molecule has 0 N–H and O–H groups in total. The van der Waals surface area contributed by atoms with Crippen LogP contribution in [0.4, 0.5) is 0 Å². The van der Waals surface area contributed by atoms with E-state index in [4.69, 9.17) is 0 Å². The molecule has 3 nitrogen and oxygen atoms in total. The molecule has 50 valence electrons. The Kier molecular flexibility index (Phi) is 1.13. The first-order valence-corrected chi connectivity index (χ1v) is 3.13. The first-order valence-electron chi connectivity index (χ1n) is 3.13. The molecule has 0 amide bonds. The van der Waals surface area contributed by atoms with E-state index in [0.717, 1.165) is 12.4 Å². The van der Waals surface area contributed by atoms with Crippen LogP contribution in [-0.2, 0) is 0 Å². The molecule has 10 heavy (non-hydrogen) atoms. The van der Waals surface area contributed by atoms with Crippen LogP contribution >= 0.6 is 0 Å². The fourth-order valence-corrected chi connectivity index (χ4v) is 0.938. The quantitative estimate of drug-likeness (QED) is 0.479. The zero-order valence-corrected chi connectivity index (χ0v) is 5.44. The van der Waals surface area contributed by atoms with Gasteiger partial charge in [-0.25, -0.2) is 0 Å². The minimum Gasteiger partial charge on any atom is -0.325 e. The van der Waals surface area contributed by atoms with Crippen molar-refractivity contribution in [2.45, 2.75) is 0 Å². The molecule has 0 radical (unpaired) electrons. The van der Waals surface area contributed by atoms with Crippen LogP contribution in [0.1, 0.15) is 0 Å². The summed E-state index contributed by atoms with van der Waals surface area (Å²) in [5.41, 5.74) is 1.11. The molecule has 0 spiro atoms. The second kappa shape index (κ2) is 2.10. The minimum absolute atomic E-state index is 0.728. The molecule has 0 atom stereocenters. The normalized spacial score (nSPS) is 20.8. The molecule has 0 aromatic rings. The van der Waals surface area contributed by atoms with Crippen molar-refractivity contribution >= 4 is 12.4 Å². The maximum atomic E-state index is 4.09. The monoisotopic (exact) mass is 133 g/mol. The SMILES string of the molecule is C1=CN2CN=CC2=CC=N1. The number of allylic oxidation sites excluding steroid dienone is 2. The first kappa shape index (κ1) is 5.41. The van der Waals surface area contributed by atoms with Crippen molar-refractivity contribution in [3.8, 4) is 0 Å². The summed E-state index contributed by atoms with van der Waals surface area (Å²) in [6, 6.07) is 0. The highest BCUT2D eigenvalue weighted by Gasteiger charge is 2.08. The summed E-state index contributed by atoms with van der Waals surface area (Å²) in [6.45, 7) is 0.728. The Morgan fingerprint density at radius 1 is 1.50 bits per heavy atom. The zero-order valence-electron chi connectivity index (χ0n) is 5.44. The van der Waals surface area contributed by atoms with Gasteiger partial charge >= 0.3 is 0 Å². The molecule has 0 saturated carbocycles. The van der Waals surface area contributed by atoms with E-state index in [1.807, 2.05) is 23.4 Å². The summed E-state index contributed by atoms with van der Waals surface area (Å²) in [4.78, 5) is 10.1. The molecule has 0 saturated heterocycles. The lowest BCUT2D eigenvalue weighted by molar-refractivity contribution is 0.530. The topological polar surface area (TPSA) is 28.0 Å². The molecule has 0 bridgehead atoms. The fourth-order valence-electron chi connectivity index (χ4n) is 0.938. The van der Waals surface area contributed by atoms with Crippen LogP contribution < -0.4 is 0 Å². The van der Waals surface area contributed by atoms with Gasteiger partial charge in [-0.2, -0.15) is 0 Å².